The Morgan fingerprint density at radius 1 is 1.13 bits per heavy atom. The summed E-state index contributed by atoms with van der Waals surface area (Å²) in [5.41, 5.74) is 1.10. The van der Waals surface area contributed by atoms with Crippen molar-refractivity contribution in [2.75, 3.05) is 31.1 Å². The number of anilines is 1. The van der Waals surface area contributed by atoms with Gasteiger partial charge in [0.25, 0.3) is 11.5 Å². The standard InChI is InChI=1S/C22H23BrN4O3/c1-14(2)30-17-12-15(11-16(23)13-17)21(29)26-7-9-27(10-8-26)22-24-19-6-4-3-5-18(19)20(28)25-22/h3-6,11-14H,7-10H2,1-2H3,(H,24,25,28). The number of H-pyrrole nitrogens is 1. The molecule has 8 heteroatoms. The summed E-state index contributed by atoms with van der Waals surface area (Å²) in [7, 11) is 0. The molecular weight excluding hydrogens is 448 g/mol. The van der Waals surface area contributed by atoms with Crippen molar-refractivity contribution in [1.82, 2.24) is 14.9 Å². The SMILES string of the molecule is CC(C)Oc1cc(Br)cc(C(=O)N2CCN(c3nc4ccccc4c(=O)[nH]3)CC2)c1. The number of carbonyl (C=O) groups is 1. The van der Waals surface area contributed by atoms with Crippen molar-refractivity contribution in [1.29, 1.82) is 0 Å². The Morgan fingerprint density at radius 3 is 2.60 bits per heavy atom. The summed E-state index contributed by atoms with van der Waals surface area (Å²) in [4.78, 5) is 36.6. The molecule has 1 fully saturated rings. The Morgan fingerprint density at radius 2 is 1.87 bits per heavy atom. The third-order valence-electron chi connectivity index (χ3n) is 4.96. The molecule has 4 rings (SSSR count). The topological polar surface area (TPSA) is 78.5 Å². The summed E-state index contributed by atoms with van der Waals surface area (Å²) in [5, 5.41) is 0.573. The average Bonchev–Trinajstić information content (AvgIpc) is 2.72. The molecule has 30 heavy (non-hydrogen) atoms. The van der Waals surface area contributed by atoms with E-state index in [9.17, 15) is 9.59 Å². The van der Waals surface area contributed by atoms with Crippen molar-refractivity contribution < 1.29 is 9.53 Å². The Hall–Kier alpha value is -2.87. The van der Waals surface area contributed by atoms with E-state index >= 15 is 0 Å². The summed E-state index contributed by atoms with van der Waals surface area (Å²) >= 11 is 3.46. The zero-order valence-electron chi connectivity index (χ0n) is 16.9. The lowest BCUT2D eigenvalue weighted by Crippen LogP contribution is -2.49. The van der Waals surface area contributed by atoms with Gasteiger partial charge in [0.2, 0.25) is 5.95 Å². The van der Waals surface area contributed by atoms with Crippen LogP contribution < -0.4 is 15.2 Å². The first-order valence-corrected chi connectivity index (χ1v) is 10.7. The van der Waals surface area contributed by atoms with E-state index in [4.69, 9.17) is 4.74 Å². The molecule has 0 unspecified atom stereocenters. The predicted octanol–water partition coefficient (Wildman–Crippen LogP) is 3.44. The zero-order chi connectivity index (χ0) is 21.3. The highest BCUT2D eigenvalue weighted by molar-refractivity contribution is 9.10. The Balaban J connectivity index is 1.48. The van der Waals surface area contributed by atoms with Gasteiger partial charge in [0.15, 0.2) is 0 Å². The van der Waals surface area contributed by atoms with Crippen molar-refractivity contribution in [3.63, 3.8) is 0 Å². The molecule has 1 aliphatic rings. The summed E-state index contributed by atoms with van der Waals surface area (Å²) in [6.45, 7) is 6.18. The number of hydrogen-bond donors (Lipinski definition) is 1. The van der Waals surface area contributed by atoms with E-state index in [1.165, 1.54) is 0 Å². The number of aromatic nitrogens is 2. The van der Waals surface area contributed by atoms with E-state index in [1.54, 1.807) is 12.1 Å². The number of para-hydroxylation sites is 1. The molecule has 2 heterocycles. The normalized spacial score (nSPS) is 14.4. The van der Waals surface area contributed by atoms with Gasteiger partial charge in [-0.3, -0.25) is 14.6 Å². The first-order chi connectivity index (χ1) is 14.4. The molecule has 0 atom stereocenters. The number of rotatable bonds is 4. The van der Waals surface area contributed by atoms with Crippen molar-refractivity contribution in [3.8, 4) is 5.75 Å². The molecule has 0 bridgehead atoms. The van der Waals surface area contributed by atoms with Crippen molar-refractivity contribution in [2.45, 2.75) is 20.0 Å². The molecule has 7 nitrogen and oxygen atoms in total. The number of fused-ring (bicyclic) bond motifs is 1. The molecule has 0 saturated carbocycles. The van der Waals surface area contributed by atoms with Gasteiger partial charge in [-0.15, -0.1) is 0 Å². The minimum atomic E-state index is -0.152. The van der Waals surface area contributed by atoms with E-state index in [2.05, 4.69) is 25.9 Å². The van der Waals surface area contributed by atoms with Gasteiger partial charge in [0, 0.05) is 36.2 Å². The van der Waals surface area contributed by atoms with Crippen LogP contribution in [0.5, 0.6) is 5.75 Å². The fraction of sp³-hybridized carbons (Fsp3) is 0.318. The second kappa shape index (κ2) is 8.47. The number of nitrogens with one attached hydrogen (secondary N) is 1. The third-order valence-corrected chi connectivity index (χ3v) is 5.41. The van der Waals surface area contributed by atoms with Gasteiger partial charge in [-0.1, -0.05) is 28.1 Å². The molecule has 1 aliphatic heterocycles. The maximum Gasteiger partial charge on any atom is 0.260 e. The summed E-state index contributed by atoms with van der Waals surface area (Å²) in [6.07, 6.45) is 0.0300. The maximum absolute atomic E-state index is 13.0. The molecule has 3 aromatic rings. The first-order valence-electron chi connectivity index (χ1n) is 9.91. The van der Waals surface area contributed by atoms with Crippen LogP contribution in [0, 0.1) is 0 Å². The number of halogens is 1. The highest BCUT2D eigenvalue weighted by Crippen LogP contribution is 2.24. The second-order valence-corrected chi connectivity index (χ2v) is 8.44. The average molecular weight is 471 g/mol. The van der Waals surface area contributed by atoms with E-state index in [-0.39, 0.29) is 17.6 Å². The third kappa shape index (κ3) is 4.33. The molecule has 2 aromatic carbocycles. The van der Waals surface area contributed by atoms with Crippen LogP contribution in [0.3, 0.4) is 0 Å². The fourth-order valence-electron chi connectivity index (χ4n) is 3.55. The van der Waals surface area contributed by atoms with Crippen LogP contribution in [0.4, 0.5) is 5.95 Å². The summed E-state index contributed by atoms with van der Waals surface area (Å²) in [5.74, 6) is 1.17. The number of nitrogens with zero attached hydrogens (tertiary/aromatic N) is 3. The molecule has 156 valence electrons. The monoisotopic (exact) mass is 470 g/mol. The Labute approximate surface area is 182 Å². The Bertz CT molecular complexity index is 1140. The molecular formula is C22H23BrN4O3. The van der Waals surface area contributed by atoms with Crippen LogP contribution in [0.2, 0.25) is 0 Å². The van der Waals surface area contributed by atoms with Crippen molar-refractivity contribution in [2.24, 2.45) is 0 Å². The Kier molecular flexibility index (Phi) is 5.76. The van der Waals surface area contributed by atoms with Crippen molar-refractivity contribution >= 4 is 38.7 Å². The van der Waals surface area contributed by atoms with Crippen LogP contribution in [-0.4, -0.2) is 53.1 Å². The number of amides is 1. The van der Waals surface area contributed by atoms with Crippen LogP contribution in [0.1, 0.15) is 24.2 Å². The lowest BCUT2D eigenvalue weighted by atomic mass is 10.1. The van der Waals surface area contributed by atoms with E-state index < -0.39 is 0 Å². The molecule has 0 radical (unpaired) electrons. The molecule has 1 saturated heterocycles. The number of aromatic amines is 1. The van der Waals surface area contributed by atoms with Crippen LogP contribution in [0.15, 0.2) is 51.7 Å². The lowest BCUT2D eigenvalue weighted by molar-refractivity contribution is 0.0745. The minimum absolute atomic E-state index is 0.0300. The zero-order valence-corrected chi connectivity index (χ0v) is 18.5. The molecule has 0 spiro atoms. The summed E-state index contributed by atoms with van der Waals surface area (Å²) < 4.78 is 6.55. The van der Waals surface area contributed by atoms with E-state index in [0.29, 0.717) is 54.3 Å². The fourth-order valence-corrected chi connectivity index (χ4v) is 4.03. The number of piperazine rings is 1. The molecule has 1 aromatic heterocycles. The summed E-state index contributed by atoms with van der Waals surface area (Å²) in [6, 6.07) is 12.7. The molecule has 1 N–H and O–H groups in total. The second-order valence-electron chi connectivity index (χ2n) is 7.53. The minimum Gasteiger partial charge on any atom is -0.491 e. The number of ether oxygens (including phenoxy) is 1. The van der Waals surface area contributed by atoms with Crippen LogP contribution in [-0.2, 0) is 0 Å². The molecule has 0 aliphatic carbocycles. The number of hydrogen-bond acceptors (Lipinski definition) is 5. The van der Waals surface area contributed by atoms with Crippen LogP contribution >= 0.6 is 15.9 Å². The lowest BCUT2D eigenvalue weighted by Gasteiger charge is -2.35. The van der Waals surface area contributed by atoms with Crippen LogP contribution in [0.25, 0.3) is 10.9 Å². The highest BCUT2D eigenvalue weighted by atomic mass is 79.9. The van der Waals surface area contributed by atoms with Gasteiger partial charge in [-0.2, -0.15) is 0 Å². The highest BCUT2D eigenvalue weighted by Gasteiger charge is 2.24. The van der Waals surface area contributed by atoms with E-state index in [0.717, 1.165) is 4.47 Å². The van der Waals surface area contributed by atoms with Gasteiger partial charge in [-0.25, -0.2) is 4.98 Å². The quantitative estimate of drug-likeness (QED) is 0.631. The van der Waals surface area contributed by atoms with Gasteiger partial charge in [-0.05, 0) is 44.2 Å². The number of benzene rings is 2. The van der Waals surface area contributed by atoms with Gasteiger partial charge < -0.3 is 14.5 Å². The maximum atomic E-state index is 13.0. The van der Waals surface area contributed by atoms with Crippen molar-refractivity contribution in [3.05, 3.63) is 62.9 Å². The molecule has 1 amide bonds. The predicted molar refractivity (Wildman–Crippen MR) is 120 cm³/mol. The first kappa shape index (κ1) is 20.4. The van der Waals surface area contributed by atoms with E-state index in [1.807, 2.05) is 54.0 Å². The smallest absolute Gasteiger partial charge is 0.260 e. The van der Waals surface area contributed by atoms with Gasteiger partial charge in [0.05, 0.1) is 17.0 Å². The largest absolute Gasteiger partial charge is 0.491 e. The number of carbonyl (C=O) groups excluding carboxylic acids is 1. The van der Waals surface area contributed by atoms with Gasteiger partial charge in [0.1, 0.15) is 5.75 Å². The van der Waals surface area contributed by atoms with Gasteiger partial charge >= 0.3 is 0 Å².